The number of nitrogens with two attached hydrogens (primary N) is 1. The van der Waals surface area contributed by atoms with Gasteiger partial charge < -0.3 is 11.1 Å². The SMILES string of the molecule is Cc1ccc(N=C/C(=C\N)C(=O)NCc2nc(C(C)(C)C(F)(F)F)n[nH]2)c(C)c1-c1ccc(CN2CC[As](NC(=O)OC(C)(C)C)C2)cc1. The zero-order valence-electron chi connectivity index (χ0n) is 28.8. The molecule has 1 aliphatic heterocycles. The Morgan fingerprint density at radius 1 is 1.10 bits per heavy atom. The van der Waals surface area contributed by atoms with Crippen LogP contribution in [-0.4, -0.2) is 76.8 Å². The van der Waals surface area contributed by atoms with Crippen LogP contribution in [0.1, 0.15) is 63.0 Å². The van der Waals surface area contributed by atoms with E-state index in [0.717, 1.165) is 65.9 Å². The molecule has 49 heavy (non-hydrogen) atoms. The van der Waals surface area contributed by atoms with Gasteiger partial charge in [0.25, 0.3) is 5.91 Å². The topological polar surface area (TPSA) is 151 Å². The maximum absolute atomic E-state index is 13.3. The number of carbonyl (C=O) groups excluding carboxylic acids is 2. The number of nitrogens with one attached hydrogen (secondary N) is 3. The Morgan fingerprint density at radius 3 is 2.43 bits per heavy atom. The van der Waals surface area contributed by atoms with Gasteiger partial charge in [0.1, 0.15) is 11.2 Å². The van der Waals surface area contributed by atoms with Crippen molar-refractivity contribution >= 4 is 38.8 Å². The Kier molecular flexibility index (Phi) is 11.7. The maximum atomic E-state index is 13.3. The summed E-state index contributed by atoms with van der Waals surface area (Å²) in [6.45, 7) is 13.1. The van der Waals surface area contributed by atoms with Gasteiger partial charge in [-0.3, -0.25) is 9.89 Å². The van der Waals surface area contributed by atoms with Gasteiger partial charge in [0, 0.05) is 6.20 Å². The van der Waals surface area contributed by atoms with E-state index in [0.29, 0.717) is 5.69 Å². The normalized spacial score (nSPS) is 16.3. The Bertz CT molecular complexity index is 1710. The number of aromatic nitrogens is 3. The first-order chi connectivity index (χ1) is 22.9. The van der Waals surface area contributed by atoms with Crippen molar-refractivity contribution in [1.82, 2.24) is 29.6 Å². The van der Waals surface area contributed by atoms with Crippen molar-refractivity contribution in [3.05, 3.63) is 76.5 Å². The van der Waals surface area contributed by atoms with Crippen LogP contribution < -0.4 is 15.3 Å². The molecule has 11 nitrogen and oxygen atoms in total. The first-order valence-electron chi connectivity index (χ1n) is 15.8. The number of ether oxygens (including phenoxy) is 1. The number of rotatable bonds is 10. The molecular formula is C34H44AsF3N8O3. The van der Waals surface area contributed by atoms with E-state index in [1.165, 1.54) is 11.8 Å². The third-order valence-corrected chi connectivity index (χ3v) is 12.2. The number of carbonyl (C=O) groups is 2. The summed E-state index contributed by atoms with van der Waals surface area (Å²) in [6, 6.07) is 12.2. The molecule has 264 valence electrons. The molecule has 0 bridgehead atoms. The van der Waals surface area contributed by atoms with Crippen molar-refractivity contribution in [2.45, 2.75) is 84.0 Å². The molecule has 1 unspecified atom stereocenters. The Balaban J connectivity index is 1.37. The molecule has 1 aromatic heterocycles. The van der Waals surface area contributed by atoms with Gasteiger partial charge in [0.05, 0.1) is 12.1 Å². The number of benzene rings is 2. The van der Waals surface area contributed by atoms with Gasteiger partial charge in [-0.05, 0) is 13.8 Å². The zero-order chi connectivity index (χ0) is 36.1. The number of amides is 2. The fourth-order valence-electron chi connectivity index (χ4n) is 5.11. The second-order valence-corrected chi connectivity index (χ2v) is 17.7. The first kappa shape index (κ1) is 37.7. The summed E-state index contributed by atoms with van der Waals surface area (Å²) in [6.07, 6.45) is -2.41. The third-order valence-electron chi connectivity index (χ3n) is 8.00. The van der Waals surface area contributed by atoms with Gasteiger partial charge in [0.2, 0.25) is 0 Å². The fourth-order valence-corrected chi connectivity index (χ4v) is 9.05. The molecule has 4 rings (SSSR count). The molecule has 0 saturated carbocycles. The van der Waals surface area contributed by atoms with E-state index in [-0.39, 0.29) is 24.0 Å². The molecule has 0 radical (unpaired) electrons. The number of hydrogen-bond acceptors (Lipinski definition) is 8. The molecule has 2 aromatic carbocycles. The minimum absolute atomic E-state index is 0.0647. The van der Waals surface area contributed by atoms with Crippen molar-refractivity contribution in [2.24, 2.45) is 10.7 Å². The third kappa shape index (κ3) is 9.72. The molecule has 1 aliphatic rings. The molecular weight excluding hydrogens is 700 g/mol. The second kappa shape index (κ2) is 15.2. The van der Waals surface area contributed by atoms with Crippen molar-refractivity contribution in [1.29, 1.82) is 0 Å². The predicted molar refractivity (Wildman–Crippen MR) is 184 cm³/mol. The Morgan fingerprint density at radius 2 is 1.80 bits per heavy atom. The summed E-state index contributed by atoms with van der Waals surface area (Å²) in [5.74, 6) is -0.926. The molecule has 1 fully saturated rings. The van der Waals surface area contributed by atoms with Crippen LogP contribution in [0, 0.1) is 13.8 Å². The van der Waals surface area contributed by atoms with Gasteiger partial charge in [-0.25, -0.2) is 4.98 Å². The van der Waals surface area contributed by atoms with Crippen LogP contribution in [-0.2, 0) is 28.0 Å². The van der Waals surface area contributed by atoms with Gasteiger partial charge in [-0.2, -0.15) is 18.3 Å². The number of nitrogens with zero attached hydrogens (tertiary/aromatic N) is 4. The molecule has 5 N–H and O–H groups in total. The molecule has 2 heterocycles. The van der Waals surface area contributed by atoms with E-state index in [1.54, 1.807) is 0 Å². The fraction of sp³-hybridized carbons (Fsp3) is 0.441. The summed E-state index contributed by atoms with van der Waals surface area (Å²) >= 11 is -1.52. The molecule has 1 saturated heterocycles. The number of alkyl halides is 3. The van der Waals surface area contributed by atoms with E-state index in [4.69, 9.17) is 10.5 Å². The van der Waals surface area contributed by atoms with E-state index in [1.807, 2.05) is 46.8 Å². The van der Waals surface area contributed by atoms with Gasteiger partial charge in [-0.1, -0.05) is 0 Å². The summed E-state index contributed by atoms with van der Waals surface area (Å²) < 4.78 is 48.5. The van der Waals surface area contributed by atoms with Crippen molar-refractivity contribution in [3.8, 4) is 11.1 Å². The van der Waals surface area contributed by atoms with E-state index < -0.39 is 43.8 Å². The van der Waals surface area contributed by atoms with Crippen molar-refractivity contribution < 1.29 is 27.5 Å². The number of aromatic amines is 1. The number of aliphatic imine (C=N–C) groups is 1. The summed E-state index contributed by atoms with van der Waals surface area (Å²) in [4.78, 5) is 35.8. The molecule has 15 heteroatoms. The summed E-state index contributed by atoms with van der Waals surface area (Å²) in [5, 5.41) is 10.6. The minimum atomic E-state index is -4.54. The van der Waals surface area contributed by atoms with Crippen LogP contribution in [0.4, 0.5) is 23.7 Å². The first-order valence-corrected chi connectivity index (χ1v) is 19.4. The average molecular weight is 745 g/mol. The molecule has 3 aromatic rings. The molecule has 1 atom stereocenters. The van der Waals surface area contributed by atoms with Gasteiger partial charge >= 0.3 is 191 Å². The van der Waals surface area contributed by atoms with Crippen LogP contribution in [0.25, 0.3) is 11.1 Å². The van der Waals surface area contributed by atoms with Crippen molar-refractivity contribution in [3.63, 3.8) is 0 Å². The second-order valence-electron chi connectivity index (χ2n) is 13.5. The van der Waals surface area contributed by atoms with Gasteiger partial charge in [-0.15, -0.1) is 0 Å². The monoisotopic (exact) mass is 744 g/mol. The molecule has 0 aliphatic carbocycles. The van der Waals surface area contributed by atoms with Gasteiger partial charge in [0.15, 0.2) is 5.82 Å². The number of halogens is 3. The standard InChI is InChI=1S/C34H44AsF3N8O3/c1-21-8-13-26(40-17-25(16-39)29(47)41-18-27-42-30(45-44-27)33(6,7)34(36,37)38)22(2)28(21)24-11-9-23(10-12-24)19-46-15-14-35(20-46)43-31(48)49-32(3,4)5/h8-13,16-17H,14-15,18-20,39H2,1-7H3,(H,41,47)(H,43,48)(H,42,44,45)/b25-16+,40-17?. The van der Waals surface area contributed by atoms with Crippen LogP contribution in [0.2, 0.25) is 5.21 Å². The van der Waals surface area contributed by atoms with E-state index in [2.05, 4.69) is 58.9 Å². The Labute approximate surface area is 289 Å². The predicted octanol–water partition coefficient (Wildman–Crippen LogP) is 5.66. The van der Waals surface area contributed by atoms with Crippen molar-refractivity contribution in [2.75, 3.05) is 11.9 Å². The van der Waals surface area contributed by atoms with E-state index in [9.17, 15) is 22.8 Å². The number of H-pyrrole nitrogens is 1. The van der Waals surface area contributed by atoms with Crippen LogP contribution in [0.5, 0.6) is 0 Å². The number of aryl methyl sites for hydroxylation is 1. The van der Waals surface area contributed by atoms with E-state index >= 15 is 0 Å². The summed E-state index contributed by atoms with van der Waals surface area (Å²) in [7, 11) is 0. The average Bonchev–Trinajstić information content (AvgIpc) is 3.66. The Hall–Kier alpha value is -4.16. The molecule has 2 amide bonds. The quantitative estimate of drug-likeness (QED) is 0.119. The van der Waals surface area contributed by atoms with Crippen LogP contribution in [0.15, 0.2) is 53.2 Å². The zero-order valence-corrected chi connectivity index (χ0v) is 30.7. The van der Waals surface area contributed by atoms with Crippen LogP contribution in [0.3, 0.4) is 0 Å². The summed E-state index contributed by atoms with van der Waals surface area (Å²) in [5.41, 5.74) is 8.90. The van der Waals surface area contributed by atoms with Crippen LogP contribution >= 0.6 is 0 Å². The molecule has 0 spiro atoms. The number of hydrogen-bond donors (Lipinski definition) is 4.